The average molecular weight is 220 g/mol. The van der Waals surface area contributed by atoms with Crippen molar-refractivity contribution in [2.75, 3.05) is 19.3 Å². The minimum Gasteiger partial charge on any atom is -0.303 e. The molecule has 0 bridgehead atoms. The van der Waals surface area contributed by atoms with Crippen molar-refractivity contribution in [1.82, 2.24) is 4.90 Å². The number of nitrogens with zero attached hydrogens (tertiary/aromatic N) is 1. The van der Waals surface area contributed by atoms with Crippen LogP contribution in [0.1, 0.15) is 32.1 Å². The molecular weight excluding hydrogens is 200 g/mol. The summed E-state index contributed by atoms with van der Waals surface area (Å²) in [5.74, 6) is 0.101. The van der Waals surface area contributed by atoms with E-state index in [4.69, 9.17) is 5.14 Å². The number of hydrogen-bond acceptors (Lipinski definition) is 3. The lowest BCUT2D eigenvalue weighted by molar-refractivity contribution is 0.246. The van der Waals surface area contributed by atoms with Gasteiger partial charge in [-0.15, -0.1) is 0 Å². The molecule has 0 radical (unpaired) electrons. The molecule has 0 heterocycles. The summed E-state index contributed by atoms with van der Waals surface area (Å²) in [6, 6.07) is 0.662. The molecule has 14 heavy (non-hydrogen) atoms. The summed E-state index contributed by atoms with van der Waals surface area (Å²) >= 11 is 0. The van der Waals surface area contributed by atoms with Crippen molar-refractivity contribution in [1.29, 1.82) is 0 Å². The average Bonchev–Trinajstić information content (AvgIpc) is 2.53. The van der Waals surface area contributed by atoms with Crippen LogP contribution in [0.15, 0.2) is 0 Å². The molecule has 84 valence electrons. The van der Waals surface area contributed by atoms with E-state index < -0.39 is 10.0 Å². The first-order valence-corrected chi connectivity index (χ1v) is 6.91. The Morgan fingerprint density at radius 2 is 1.93 bits per heavy atom. The van der Waals surface area contributed by atoms with Gasteiger partial charge < -0.3 is 4.90 Å². The normalized spacial score (nSPS) is 19.4. The van der Waals surface area contributed by atoms with Crippen LogP contribution >= 0.6 is 0 Å². The van der Waals surface area contributed by atoms with Crippen molar-refractivity contribution >= 4 is 10.0 Å². The van der Waals surface area contributed by atoms with Crippen LogP contribution in [0.2, 0.25) is 0 Å². The lowest BCUT2D eigenvalue weighted by Crippen LogP contribution is -2.31. The van der Waals surface area contributed by atoms with Gasteiger partial charge in [0.05, 0.1) is 5.75 Å². The molecule has 0 aromatic rings. The topological polar surface area (TPSA) is 63.4 Å². The largest absolute Gasteiger partial charge is 0.303 e. The minimum atomic E-state index is -3.27. The van der Waals surface area contributed by atoms with Gasteiger partial charge in [0, 0.05) is 6.04 Å². The fraction of sp³-hybridized carbons (Fsp3) is 1.00. The third-order valence-corrected chi connectivity index (χ3v) is 3.75. The molecule has 0 atom stereocenters. The Labute approximate surface area is 86.5 Å². The van der Waals surface area contributed by atoms with Gasteiger partial charge >= 0.3 is 0 Å². The standard InChI is InChI=1S/C9H20N2O2S/c1-11(9-5-2-3-6-9)7-4-8-14(10,12)13/h9H,2-8H2,1H3,(H2,10,12,13). The molecule has 0 aromatic carbocycles. The van der Waals surface area contributed by atoms with E-state index in [0.717, 1.165) is 6.54 Å². The highest BCUT2D eigenvalue weighted by molar-refractivity contribution is 7.89. The van der Waals surface area contributed by atoms with Gasteiger partial charge in [-0.3, -0.25) is 0 Å². The fourth-order valence-corrected chi connectivity index (χ4v) is 2.57. The Morgan fingerprint density at radius 1 is 1.36 bits per heavy atom. The van der Waals surface area contributed by atoms with Crippen molar-refractivity contribution in [2.24, 2.45) is 5.14 Å². The van der Waals surface area contributed by atoms with Crippen molar-refractivity contribution in [3.05, 3.63) is 0 Å². The molecule has 1 saturated carbocycles. The van der Waals surface area contributed by atoms with Gasteiger partial charge in [0.15, 0.2) is 0 Å². The van der Waals surface area contributed by atoms with E-state index in [9.17, 15) is 8.42 Å². The van der Waals surface area contributed by atoms with Crippen LogP contribution in [0.3, 0.4) is 0 Å². The van der Waals surface area contributed by atoms with Gasteiger partial charge in [0.25, 0.3) is 0 Å². The molecular formula is C9H20N2O2S. The van der Waals surface area contributed by atoms with Crippen LogP contribution in [-0.4, -0.2) is 38.7 Å². The smallest absolute Gasteiger partial charge is 0.209 e. The molecule has 1 fully saturated rings. The molecule has 1 aliphatic rings. The molecule has 1 aliphatic carbocycles. The van der Waals surface area contributed by atoms with Crippen LogP contribution in [0.25, 0.3) is 0 Å². The van der Waals surface area contributed by atoms with E-state index in [0.29, 0.717) is 12.5 Å². The third-order valence-electron chi connectivity index (χ3n) is 2.89. The third kappa shape index (κ3) is 4.39. The number of rotatable bonds is 5. The Kier molecular flexibility index (Phi) is 4.34. The lowest BCUT2D eigenvalue weighted by atomic mass is 10.2. The van der Waals surface area contributed by atoms with E-state index in [1.165, 1.54) is 25.7 Å². The monoisotopic (exact) mass is 220 g/mol. The molecule has 0 saturated heterocycles. The molecule has 0 aromatic heterocycles. The summed E-state index contributed by atoms with van der Waals surface area (Å²) in [5.41, 5.74) is 0. The van der Waals surface area contributed by atoms with E-state index in [2.05, 4.69) is 11.9 Å². The maximum Gasteiger partial charge on any atom is 0.209 e. The maximum atomic E-state index is 10.7. The first-order valence-electron chi connectivity index (χ1n) is 5.20. The second-order valence-electron chi connectivity index (χ2n) is 4.14. The van der Waals surface area contributed by atoms with Crippen LogP contribution in [0.5, 0.6) is 0 Å². The van der Waals surface area contributed by atoms with E-state index in [1.54, 1.807) is 0 Å². The van der Waals surface area contributed by atoms with Crippen LogP contribution in [0, 0.1) is 0 Å². The molecule has 0 amide bonds. The lowest BCUT2D eigenvalue weighted by Gasteiger charge is -2.23. The number of nitrogens with two attached hydrogens (primary N) is 1. The minimum absolute atomic E-state index is 0.101. The van der Waals surface area contributed by atoms with E-state index >= 15 is 0 Å². The molecule has 0 aliphatic heterocycles. The van der Waals surface area contributed by atoms with Gasteiger partial charge in [-0.1, -0.05) is 12.8 Å². The van der Waals surface area contributed by atoms with Crippen molar-refractivity contribution < 1.29 is 8.42 Å². The fourth-order valence-electron chi connectivity index (χ4n) is 2.04. The molecule has 0 spiro atoms. The second kappa shape index (κ2) is 5.09. The predicted molar refractivity (Wildman–Crippen MR) is 57.5 cm³/mol. The van der Waals surface area contributed by atoms with Crippen molar-refractivity contribution in [3.8, 4) is 0 Å². The molecule has 4 nitrogen and oxygen atoms in total. The zero-order chi connectivity index (χ0) is 10.6. The first kappa shape index (κ1) is 11.9. The molecule has 1 rings (SSSR count). The summed E-state index contributed by atoms with van der Waals surface area (Å²) in [4.78, 5) is 2.26. The van der Waals surface area contributed by atoms with E-state index in [-0.39, 0.29) is 5.75 Å². The highest BCUT2D eigenvalue weighted by atomic mass is 32.2. The van der Waals surface area contributed by atoms with Crippen LogP contribution in [-0.2, 0) is 10.0 Å². The van der Waals surface area contributed by atoms with Gasteiger partial charge in [0.2, 0.25) is 10.0 Å². The Hall–Kier alpha value is -0.130. The van der Waals surface area contributed by atoms with Crippen molar-refractivity contribution in [2.45, 2.75) is 38.1 Å². The summed E-state index contributed by atoms with van der Waals surface area (Å²) in [7, 11) is -1.20. The van der Waals surface area contributed by atoms with Gasteiger partial charge in [-0.05, 0) is 32.9 Å². The van der Waals surface area contributed by atoms with Crippen LogP contribution in [0.4, 0.5) is 0 Å². The highest BCUT2D eigenvalue weighted by Gasteiger charge is 2.19. The van der Waals surface area contributed by atoms with Crippen LogP contribution < -0.4 is 5.14 Å². The Balaban J connectivity index is 2.17. The zero-order valence-corrected chi connectivity index (χ0v) is 9.59. The second-order valence-corrected chi connectivity index (χ2v) is 5.87. The zero-order valence-electron chi connectivity index (χ0n) is 8.78. The quantitative estimate of drug-likeness (QED) is 0.735. The van der Waals surface area contributed by atoms with Crippen molar-refractivity contribution in [3.63, 3.8) is 0 Å². The first-order chi connectivity index (χ1) is 6.49. The Morgan fingerprint density at radius 3 is 2.43 bits per heavy atom. The predicted octanol–water partition coefficient (Wildman–Crippen LogP) is 0.539. The number of sulfonamides is 1. The molecule has 2 N–H and O–H groups in total. The summed E-state index contributed by atoms with van der Waals surface area (Å²) < 4.78 is 21.4. The van der Waals surface area contributed by atoms with Gasteiger partial charge in [-0.2, -0.15) is 0 Å². The number of primary sulfonamides is 1. The number of hydrogen-bond donors (Lipinski definition) is 1. The highest BCUT2D eigenvalue weighted by Crippen LogP contribution is 2.22. The molecule has 5 heteroatoms. The maximum absolute atomic E-state index is 10.7. The SMILES string of the molecule is CN(CCCS(N)(=O)=O)C1CCCC1. The van der Waals surface area contributed by atoms with Gasteiger partial charge in [0.1, 0.15) is 0 Å². The molecule has 0 unspecified atom stereocenters. The summed E-state index contributed by atoms with van der Waals surface area (Å²) in [6.45, 7) is 0.834. The van der Waals surface area contributed by atoms with Gasteiger partial charge in [-0.25, -0.2) is 13.6 Å². The summed E-state index contributed by atoms with van der Waals surface area (Å²) in [5, 5.41) is 4.93. The Bertz CT molecular complexity index is 258. The summed E-state index contributed by atoms with van der Waals surface area (Å²) in [6.07, 6.45) is 5.78. The van der Waals surface area contributed by atoms with E-state index in [1.807, 2.05) is 0 Å².